The molecule has 1 heteroatoms. The Morgan fingerprint density at radius 3 is 3.00 bits per heavy atom. The summed E-state index contributed by atoms with van der Waals surface area (Å²) in [7, 11) is 0. The van der Waals surface area contributed by atoms with E-state index in [0.717, 1.165) is 11.8 Å². The van der Waals surface area contributed by atoms with Crippen LogP contribution in [0.2, 0.25) is 0 Å². The van der Waals surface area contributed by atoms with E-state index >= 15 is 0 Å². The van der Waals surface area contributed by atoms with Gasteiger partial charge in [0.1, 0.15) is 0 Å². The molecule has 1 saturated carbocycles. The molecule has 3 unspecified atom stereocenters. The smallest absolute Gasteiger partial charge is 0.0772 e. The number of aliphatic imine (C=N–C) groups is 1. The summed E-state index contributed by atoms with van der Waals surface area (Å²) in [5.74, 6) is 1.71. The highest BCUT2D eigenvalue weighted by Crippen LogP contribution is 2.46. The van der Waals surface area contributed by atoms with E-state index in [-0.39, 0.29) is 0 Å². The van der Waals surface area contributed by atoms with E-state index in [9.17, 15) is 0 Å². The molecule has 16 heavy (non-hydrogen) atoms. The minimum Gasteiger partial charge on any atom is -0.293 e. The molecular formula is C15H21N. The molecule has 3 atom stereocenters. The molecule has 0 aromatic rings. The van der Waals surface area contributed by atoms with Gasteiger partial charge in [0, 0.05) is 0 Å². The maximum Gasteiger partial charge on any atom is 0.0772 e. The monoisotopic (exact) mass is 215 g/mol. The van der Waals surface area contributed by atoms with Crippen molar-refractivity contribution in [2.24, 2.45) is 16.8 Å². The summed E-state index contributed by atoms with van der Waals surface area (Å²) >= 11 is 0. The fourth-order valence-corrected chi connectivity index (χ4v) is 3.94. The molecule has 1 fully saturated rings. The van der Waals surface area contributed by atoms with Gasteiger partial charge in [0.05, 0.1) is 6.04 Å². The molecule has 0 aliphatic heterocycles. The summed E-state index contributed by atoms with van der Waals surface area (Å²) in [6.07, 6.45) is 14.2. The van der Waals surface area contributed by atoms with Gasteiger partial charge in [-0.15, -0.1) is 0 Å². The zero-order valence-electron chi connectivity index (χ0n) is 9.99. The van der Waals surface area contributed by atoms with Crippen LogP contribution in [0.4, 0.5) is 0 Å². The fraction of sp³-hybridized carbons (Fsp3) is 0.667. The van der Waals surface area contributed by atoms with Crippen LogP contribution < -0.4 is 0 Å². The third kappa shape index (κ3) is 1.57. The molecular weight excluding hydrogens is 194 g/mol. The van der Waals surface area contributed by atoms with Crippen molar-refractivity contribution in [3.8, 4) is 0 Å². The molecule has 0 aromatic carbocycles. The lowest BCUT2D eigenvalue weighted by molar-refractivity contribution is 0.200. The average Bonchev–Trinajstić information content (AvgIpc) is 2.36. The van der Waals surface area contributed by atoms with E-state index < -0.39 is 0 Å². The van der Waals surface area contributed by atoms with Gasteiger partial charge >= 0.3 is 0 Å². The first-order valence-electron chi connectivity index (χ1n) is 6.74. The first kappa shape index (κ1) is 10.3. The van der Waals surface area contributed by atoms with Gasteiger partial charge in [-0.05, 0) is 56.2 Å². The lowest BCUT2D eigenvalue weighted by Gasteiger charge is -2.42. The lowest BCUT2D eigenvalue weighted by Crippen LogP contribution is -2.35. The van der Waals surface area contributed by atoms with Crippen LogP contribution in [-0.2, 0) is 0 Å². The molecule has 1 nitrogen and oxygen atoms in total. The molecule has 0 heterocycles. The maximum atomic E-state index is 4.46. The average molecular weight is 215 g/mol. The van der Waals surface area contributed by atoms with Crippen molar-refractivity contribution in [3.63, 3.8) is 0 Å². The van der Waals surface area contributed by atoms with Crippen LogP contribution in [0.25, 0.3) is 0 Å². The van der Waals surface area contributed by atoms with Gasteiger partial charge in [-0.25, -0.2) is 0 Å². The van der Waals surface area contributed by atoms with Gasteiger partial charge < -0.3 is 0 Å². The van der Waals surface area contributed by atoms with Crippen molar-refractivity contribution in [2.75, 3.05) is 0 Å². The highest BCUT2D eigenvalue weighted by atomic mass is 14.8. The number of rotatable bonds is 1. The normalized spacial score (nSPS) is 37.9. The highest BCUT2D eigenvalue weighted by Gasteiger charge is 2.38. The zero-order valence-corrected chi connectivity index (χ0v) is 9.99. The summed E-state index contributed by atoms with van der Waals surface area (Å²) in [4.78, 5) is 4.46. The minimum absolute atomic E-state index is 0.422. The van der Waals surface area contributed by atoms with Gasteiger partial charge in [-0.3, -0.25) is 4.99 Å². The van der Waals surface area contributed by atoms with E-state index in [1.807, 2.05) is 0 Å². The molecule has 0 radical (unpaired) electrons. The van der Waals surface area contributed by atoms with E-state index in [4.69, 9.17) is 0 Å². The van der Waals surface area contributed by atoms with Crippen molar-refractivity contribution in [1.82, 2.24) is 0 Å². The molecule has 0 bridgehead atoms. The Bertz CT molecular complexity index is 350. The summed E-state index contributed by atoms with van der Waals surface area (Å²) in [5.41, 5.74) is 3.23. The SMILES string of the molecule is C=NC1C2=C(CCC=C2)CC2CCCCC21. The van der Waals surface area contributed by atoms with Gasteiger partial charge in [-0.2, -0.15) is 0 Å². The number of nitrogens with zero attached hydrogens (tertiary/aromatic N) is 1. The van der Waals surface area contributed by atoms with E-state index in [1.54, 1.807) is 5.57 Å². The minimum atomic E-state index is 0.422. The number of fused-ring (bicyclic) bond motifs is 1. The van der Waals surface area contributed by atoms with Gasteiger partial charge in [0.2, 0.25) is 0 Å². The van der Waals surface area contributed by atoms with Crippen LogP contribution in [0.15, 0.2) is 28.3 Å². The Labute approximate surface area is 98.3 Å². The Morgan fingerprint density at radius 2 is 2.12 bits per heavy atom. The molecule has 3 aliphatic rings. The summed E-state index contributed by atoms with van der Waals surface area (Å²) < 4.78 is 0. The molecule has 0 spiro atoms. The Balaban J connectivity index is 1.96. The molecule has 3 rings (SSSR count). The fourth-order valence-electron chi connectivity index (χ4n) is 3.94. The lowest BCUT2D eigenvalue weighted by atomic mass is 9.65. The number of hydrogen-bond acceptors (Lipinski definition) is 1. The highest BCUT2D eigenvalue weighted by molar-refractivity contribution is 5.40. The Morgan fingerprint density at radius 1 is 1.25 bits per heavy atom. The van der Waals surface area contributed by atoms with Crippen LogP contribution >= 0.6 is 0 Å². The first-order valence-corrected chi connectivity index (χ1v) is 6.74. The molecule has 0 N–H and O–H groups in total. The molecule has 0 aromatic heterocycles. The van der Waals surface area contributed by atoms with Gasteiger partial charge in [0.25, 0.3) is 0 Å². The van der Waals surface area contributed by atoms with Crippen LogP contribution in [0.3, 0.4) is 0 Å². The van der Waals surface area contributed by atoms with Gasteiger partial charge in [0.15, 0.2) is 0 Å². The second kappa shape index (κ2) is 4.20. The predicted molar refractivity (Wildman–Crippen MR) is 68.8 cm³/mol. The van der Waals surface area contributed by atoms with Crippen molar-refractivity contribution in [3.05, 3.63) is 23.3 Å². The van der Waals surface area contributed by atoms with E-state index in [0.29, 0.717) is 6.04 Å². The van der Waals surface area contributed by atoms with Crippen LogP contribution in [0.5, 0.6) is 0 Å². The standard InChI is InChI=1S/C15H21N/c1-16-15-13-8-4-2-6-11(13)10-12-7-3-5-9-14(12)15/h4,8,12,14-15H,1-3,5-7,9-10H2. The quantitative estimate of drug-likeness (QED) is 0.588. The molecule has 3 aliphatic carbocycles. The molecule has 86 valence electrons. The van der Waals surface area contributed by atoms with Crippen LogP contribution in [0, 0.1) is 11.8 Å². The summed E-state index contributed by atoms with van der Waals surface area (Å²) in [6.45, 7) is 3.85. The zero-order chi connectivity index (χ0) is 11.0. The number of allylic oxidation sites excluding steroid dienone is 2. The third-order valence-electron chi connectivity index (χ3n) is 4.72. The second-order valence-electron chi connectivity index (χ2n) is 5.54. The van der Waals surface area contributed by atoms with Crippen molar-refractivity contribution >= 4 is 6.72 Å². The molecule has 0 amide bonds. The van der Waals surface area contributed by atoms with Crippen molar-refractivity contribution in [1.29, 1.82) is 0 Å². The number of hydrogen-bond donors (Lipinski definition) is 0. The predicted octanol–water partition coefficient (Wildman–Crippen LogP) is 3.91. The van der Waals surface area contributed by atoms with E-state index in [1.165, 1.54) is 50.5 Å². The Kier molecular flexibility index (Phi) is 2.70. The molecule has 0 saturated heterocycles. The maximum absolute atomic E-state index is 4.46. The van der Waals surface area contributed by atoms with Gasteiger partial charge in [-0.1, -0.05) is 30.6 Å². The first-order chi connectivity index (χ1) is 7.90. The third-order valence-corrected chi connectivity index (χ3v) is 4.72. The largest absolute Gasteiger partial charge is 0.293 e. The second-order valence-corrected chi connectivity index (χ2v) is 5.54. The van der Waals surface area contributed by atoms with E-state index in [2.05, 4.69) is 23.9 Å². The van der Waals surface area contributed by atoms with Crippen molar-refractivity contribution < 1.29 is 0 Å². The summed E-state index contributed by atoms with van der Waals surface area (Å²) in [5, 5.41) is 0. The summed E-state index contributed by atoms with van der Waals surface area (Å²) in [6, 6.07) is 0.422. The van der Waals surface area contributed by atoms with Crippen LogP contribution in [-0.4, -0.2) is 12.8 Å². The Hall–Kier alpha value is -0.850. The topological polar surface area (TPSA) is 12.4 Å². The van der Waals surface area contributed by atoms with Crippen LogP contribution in [0.1, 0.15) is 44.9 Å². The van der Waals surface area contributed by atoms with Crippen molar-refractivity contribution in [2.45, 2.75) is 51.0 Å².